The Morgan fingerprint density at radius 1 is 1.07 bits per heavy atom. The van der Waals surface area contributed by atoms with Gasteiger partial charge in [0, 0.05) is 41.3 Å². The number of nitrogens with one attached hydrogen (secondary N) is 1. The molecule has 0 unspecified atom stereocenters. The molecule has 0 saturated carbocycles. The van der Waals surface area contributed by atoms with E-state index in [0.717, 1.165) is 16.5 Å². The van der Waals surface area contributed by atoms with Gasteiger partial charge in [0.25, 0.3) is 17.4 Å². The first kappa shape index (κ1) is 26.5. The van der Waals surface area contributed by atoms with Gasteiger partial charge in [0.15, 0.2) is 0 Å². The van der Waals surface area contributed by atoms with Gasteiger partial charge in [0.05, 0.1) is 30.3 Å². The van der Waals surface area contributed by atoms with Gasteiger partial charge >= 0.3 is 0 Å². The molecule has 10 heteroatoms. The number of hydrogen-bond acceptors (Lipinski definition) is 7. The topological polar surface area (TPSA) is 135 Å². The van der Waals surface area contributed by atoms with E-state index in [-0.39, 0.29) is 23.4 Å². The number of ether oxygens (including phenoxy) is 2. The summed E-state index contributed by atoms with van der Waals surface area (Å²) in [7, 11) is 1.59. The summed E-state index contributed by atoms with van der Waals surface area (Å²) in [5.74, 6) is -0.776. The number of nitro groups is 1. The van der Waals surface area contributed by atoms with Gasteiger partial charge in [-0.05, 0) is 54.8 Å². The second-order valence-electron chi connectivity index (χ2n) is 9.28. The number of benzene rings is 3. The van der Waals surface area contributed by atoms with Crippen molar-refractivity contribution in [2.75, 3.05) is 20.3 Å². The number of aromatic nitrogens is 1. The molecular formula is C30H27N3O7. The minimum absolute atomic E-state index is 0.0758. The van der Waals surface area contributed by atoms with Gasteiger partial charge in [-0.2, -0.15) is 0 Å². The first-order valence-electron chi connectivity index (χ1n) is 12.7. The minimum atomic E-state index is -0.908. The lowest BCUT2D eigenvalue weighted by atomic mass is 9.95. The standard InChI is InChI=1S/C30H27N3O7/c1-3-40-22-9-7-18(8-10-22)27-26(28(34)19-5-4-6-21(15-19)33(37)38)29(35)30(36)32(27)14-13-20-17-31-25-12-11-23(39-2)16-24(20)25/h4-12,15-17,27,31,34H,3,13-14H2,1-2H3/t27-/m0/s1. The van der Waals surface area contributed by atoms with E-state index in [1.165, 1.54) is 29.2 Å². The Morgan fingerprint density at radius 2 is 1.82 bits per heavy atom. The van der Waals surface area contributed by atoms with Gasteiger partial charge in [0.1, 0.15) is 17.3 Å². The van der Waals surface area contributed by atoms with Crippen LogP contribution in [-0.4, -0.2) is 51.9 Å². The fraction of sp³-hybridized carbons (Fsp3) is 0.200. The quantitative estimate of drug-likeness (QED) is 0.0984. The highest BCUT2D eigenvalue weighted by Crippen LogP contribution is 2.40. The van der Waals surface area contributed by atoms with Gasteiger partial charge in [0.2, 0.25) is 0 Å². The lowest BCUT2D eigenvalue weighted by Gasteiger charge is -2.25. The van der Waals surface area contributed by atoms with Crippen LogP contribution in [0, 0.1) is 10.1 Å². The number of carbonyl (C=O) groups excluding carboxylic acids is 2. The molecule has 0 bridgehead atoms. The number of aliphatic hydroxyl groups is 1. The summed E-state index contributed by atoms with van der Waals surface area (Å²) in [6.07, 6.45) is 2.28. The summed E-state index contributed by atoms with van der Waals surface area (Å²) < 4.78 is 10.9. The number of H-pyrrole nitrogens is 1. The Bertz CT molecular complexity index is 1640. The third-order valence-corrected chi connectivity index (χ3v) is 6.97. The third-order valence-electron chi connectivity index (χ3n) is 6.97. The van der Waals surface area contributed by atoms with Crippen LogP contribution in [0.15, 0.2) is 78.5 Å². The smallest absolute Gasteiger partial charge is 0.295 e. The van der Waals surface area contributed by atoms with Crippen LogP contribution in [0.4, 0.5) is 5.69 Å². The van der Waals surface area contributed by atoms with Crippen LogP contribution in [0.25, 0.3) is 16.7 Å². The molecule has 1 amide bonds. The molecule has 2 N–H and O–H groups in total. The monoisotopic (exact) mass is 541 g/mol. The molecule has 204 valence electrons. The molecule has 10 nitrogen and oxygen atoms in total. The number of hydrogen-bond donors (Lipinski definition) is 2. The molecule has 1 atom stereocenters. The zero-order valence-electron chi connectivity index (χ0n) is 21.9. The van der Waals surface area contributed by atoms with Crippen LogP contribution in [0.5, 0.6) is 11.5 Å². The highest BCUT2D eigenvalue weighted by atomic mass is 16.6. The SMILES string of the molecule is CCOc1ccc([C@H]2C(=C(O)c3cccc([N+](=O)[O-])c3)C(=O)C(=O)N2CCc2c[nH]c3ccc(OC)cc23)cc1. The van der Waals surface area contributed by atoms with Crippen LogP contribution >= 0.6 is 0 Å². The van der Waals surface area contributed by atoms with Crippen LogP contribution in [0.2, 0.25) is 0 Å². The molecule has 1 aromatic heterocycles. The molecule has 3 aromatic carbocycles. The van der Waals surface area contributed by atoms with E-state index in [0.29, 0.717) is 30.1 Å². The second kappa shape index (κ2) is 10.9. The minimum Gasteiger partial charge on any atom is -0.507 e. The fourth-order valence-electron chi connectivity index (χ4n) is 5.02. The first-order chi connectivity index (χ1) is 19.3. The molecule has 5 rings (SSSR count). The van der Waals surface area contributed by atoms with Crippen molar-refractivity contribution in [1.82, 2.24) is 9.88 Å². The van der Waals surface area contributed by atoms with Gasteiger partial charge in [-0.25, -0.2) is 0 Å². The molecule has 0 radical (unpaired) electrons. The van der Waals surface area contributed by atoms with E-state index >= 15 is 0 Å². The highest BCUT2D eigenvalue weighted by Gasteiger charge is 2.46. The number of carbonyl (C=O) groups is 2. The molecule has 1 aliphatic rings. The second-order valence-corrected chi connectivity index (χ2v) is 9.28. The molecule has 0 spiro atoms. The van der Waals surface area contributed by atoms with Crippen molar-refractivity contribution in [2.24, 2.45) is 0 Å². The predicted molar refractivity (Wildman–Crippen MR) is 148 cm³/mol. The molecule has 0 aliphatic carbocycles. The maximum atomic E-state index is 13.4. The van der Waals surface area contributed by atoms with Crippen LogP contribution < -0.4 is 9.47 Å². The van der Waals surface area contributed by atoms with E-state index in [4.69, 9.17) is 9.47 Å². The summed E-state index contributed by atoms with van der Waals surface area (Å²) in [5.41, 5.74) is 2.13. The number of Topliss-reactive ketones (excluding diaryl/α,β-unsaturated/α-hetero) is 1. The van der Waals surface area contributed by atoms with E-state index in [1.807, 2.05) is 31.3 Å². The maximum Gasteiger partial charge on any atom is 0.295 e. The van der Waals surface area contributed by atoms with Crippen molar-refractivity contribution in [1.29, 1.82) is 0 Å². The van der Waals surface area contributed by atoms with Crippen molar-refractivity contribution in [3.8, 4) is 11.5 Å². The fourth-order valence-corrected chi connectivity index (χ4v) is 5.02. The molecule has 2 heterocycles. The summed E-state index contributed by atoms with van der Waals surface area (Å²) in [4.78, 5) is 42.1. The largest absolute Gasteiger partial charge is 0.507 e. The number of methoxy groups -OCH3 is 1. The lowest BCUT2D eigenvalue weighted by molar-refractivity contribution is -0.384. The number of rotatable bonds is 9. The number of ketones is 1. The number of nitro benzene ring substituents is 1. The summed E-state index contributed by atoms with van der Waals surface area (Å²) >= 11 is 0. The average Bonchev–Trinajstić information content (AvgIpc) is 3.49. The van der Waals surface area contributed by atoms with Crippen molar-refractivity contribution in [2.45, 2.75) is 19.4 Å². The van der Waals surface area contributed by atoms with E-state index in [2.05, 4.69) is 4.98 Å². The number of nitrogens with zero attached hydrogens (tertiary/aromatic N) is 2. The predicted octanol–water partition coefficient (Wildman–Crippen LogP) is 5.15. The van der Waals surface area contributed by atoms with Crippen LogP contribution in [0.1, 0.15) is 29.7 Å². The van der Waals surface area contributed by atoms with Gasteiger partial charge in [-0.15, -0.1) is 0 Å². The van der Waals surface area contributed by atoms with Crippen LogP contribution in [0.3, 0.4) is 0 Å². The number of aliphatic hydroxyl groups excluding tert-OH is 1. The maximum absolute atomic E-state index is 13.4. The number of non-ortho nitro benzene ring substituents is 1. The summed E-state index contributed by atoms with van der Waals surface area (Å²) in [6, 6.07) is 17.0. The highest BCUT2D eigenvalue weighted by molar-refractivity contribution is 6.46. The van der Waals surface area contributed by atoms with Crippen molar-refractivity contribution < 1.29 is 29.1 Å². The van der Waals surface area contributed by atoms with Crippen molar-refractivity contribution in [3.05, 3.63) is 105 Å². The number of fused-ring (bicyclic) bond motifs is 1. The molecule has 40 heavy (non-hydrogen) atoms. The van der Waals surface area contributed by atoms with E-state index < -0.39 is 28.4 Å². The molecular weight excluding hydrogens is 514 g/mol. The Hall–Kier alpha value is -5.12. The Kier molecular flexibility index (Phi) is 7.24. The normalized spacial score (nSPS) is 16.4. The van der Waals surface area contributed by atoms with E-state index in [9.17, 15) is 24.8 Å². The Balaban J connectivity index is 1.56. The van der Waals surface area contributed by atoms with Crippen LogP contribution in [-0.2, 0) is 16.0 Å². The van der Waals surface area contributed by atoms with Gasteiger partial charge in [-0.3, -0.25) is 19.7 Å². The first-order valence-corrected chi connectivity index (χ1v) is 12.7. The van der Waals surface area contributed by atoms with Gasteiger partial charge in [-0.1, -0.05) is 24.3 Å². The summed E-state index contributed by atoms with van der Waals surface area (Å²) in [6.45, 7) is 2.51. The van der Waals surface area contributed by atoms with Crippen molar-refractivity contribution >= 4 is 34.0 Å². The molecule has 1 fully saturated rings. The lowest BCUT2D eigenvalue weighted by Crippen LogP contribution is -2.31. The number of likely N-dealkylation sites (tertiary alicyclic amines) is 1. The zero-order valence-corrected chi connectivity index (χ0v) is 21.9. The third kappa shape index (κ3) is 4.86. The average molecular weight is 542 g/mol. The number of amides is 1. The summed E-state index contributed by atoms with van der Waals surface area (Å²) in [5, 5.41) is 23.5. The number of aromatic amines is 1. The molecule has 1 saturated heterocycles. The molecule has 1 aliphatic heterocycles. The van der Waals surface area contributed by atoms with E-state index in [1.54, 1.807) is 31.4 Å². The van der Waals surface area contributed by atoms with Gasteiger partial charge < -0.3 is 24.5 Å². The zero-order chi connectivity index (χ0) is 28.4. The Labute approximate surface area is 229 Å². The Morgan fingerprint density at radius 3 is 2.52 bits per heavy atom. The van der Waals surface area contributed by atoms with Crippen molar-refractivity contribution in [3.63, 3.8) is 0 Å². The molecule has 4 aromatic rings.